The van der Waals surface area contributed by atoms with Gasteiger partial charge in [0.25, 0.3) is 0 Å². The highest BCUT2D eigenvalue weighted by atomic mass is 32.2. The van der Waals surface area contributed by atoms with E-state index >= 15 is 0 Å². The molecule has 0 radical (unpaired) electrons. The van der Waals surface area contributed by atoms with Crippen LogP contribution in [0.15, 0.2) is 36.4 Å². The molecule has 45 heavy (non-hydrogen) atoms. The molecular formula is C33H42F3N3O5S. The standard InChI is InChI=1S/C33H42F3N3O5S/c1-21(2)32(12-8-27(19-32)38-13-9-22(10-14-38)23-6-5-7-24(16-23)30(40)44-3)31(41)39-15-11-28-25(20-39)17-26(33(34,35)36)18-29(28)37-45(4,42)43/h5-7,16-18,21-22,27,37H,8-15,19-20H2,1-4H3/t27?,32-/m0/s1. The fourth-order valence-electron chi connectivity index (χ4n) is 7.60. The first-order chi connectivity index (χ1) is 21.1. The molecule has 1 saturated carbocycles. The molecule has 2 aromatic rings. The monoisotopic (exact) mass is 649 g/mol. The molecule has 0 spiro atoms. The number of benzene rings is 2. The van der Waals surface area contributed by atoms with Crippen LogP contribution in [0.4, 0.5) is 18.9 Å². The third-order valence-corrected chi connectivity index (χ3v) is 10.7. The molecule has 12 heteroatoms. The first kappa shape index (κ1) is 33.2. The van der Waals surface area contributed by atoms with Gasteiger partial charge in [0.1, 0.15) is 0 Å². The molecule has 2 fully saturated rings. The topological polar surface area (TPSA) is 96.0 Å². The summed E-state index contributed by atoms with van der Waals surface area (Å²) in [4.78, 5) is 30.4. The molecule has 246 valence electrons. The summed E-state index contributed by atoms with van der Waals surface area (Å²) in [5.74, 6) is -0.00562. The van der Waals surface area contributed by atoms with E-state index < -0.39 is 27.2 Å². The van der Waals surface area contributed by atoms with Crippen LogP contribution in [0.5, 0.6) is 0 Å². The number of methoxy groups -OCH3 is 1. The van der Waals surface area contributed by atoms with E-state index in [1.807, 2.05) is 12.1 Å². The van der Waals surface area contributed by atoms with Gasteiger partial charge in [0, 0.05) is 19.1 Å². The number of nitrogens with one attached hydrogen (secondary N) is 1. The van der Waals surface area contributed by atoms with Crippen molar-refractivity contribution < 1.29 is 35.9 Å². The van der Waals surface area contributed by atoms with Crippen molar-refractivity contribution in [2.24, 2.45) is 11.3 Å². The summed E-state index contributed by atoms with van der Waals surface area (Å²) in [5.41, 5.74) is 0.859. The molecule has 1 unspecified atom stereocenters. The van der Waals surface area contributed by atoms with Gasteiger partial charge < -0.3 is 14.5 Å². The van der Waals surface area contributed by atoms with Gasteiger partial charge in [-0.15, -0.1) is 0 Å². The lowest BCUT2D eigenvalue weighted by molar-refractivity contribution is -0.146. The Morgan fingerprint density at radius 2 is 1.78 bits per heavy atom. The molecule has 1 amide bonds. The summed E-state index contributed by atoms with van der Waals surface area (Å²) in [5, 5.41) is 0. The summed E-state index contributed by atoms with van der Waals surface area (Å²) in [7, 11) is -2.43. The number of carbonyl (C=O) groups is 2. The number of carbonyl (C=O) groups excluding carboxylic acids is 2. The van der Waals surface area contributed by atoms with Crippen molar-refractivity contribution in [1.82, 2.24) is 9.80 Å². The molecule has 2 atom stereocenters. The number of rotatable bonds is 7. The number of hydrogen-bond donors (Lipinski definition) is 1. The van der Waals surface area contributed by atoms with Crippen LogP contribution in [0.3, 0.4) is 0 Å². The maximum Gasteiger partial charge on any atom is 0.416 e. The predicted octanol–water partition coefficient (Wildman–Crippen LogP) is 5.82. The van der Waals surface area contributed by atoms with Gasteiger partial charge >= 0.3 is 12.1 Å². The van der Waals surface area contributed by atoms with E-state index in [9.17, 15) is 31.2 Å². The Labute approximate surface area is 263 Å². The molecule has 1 N–H and O–H groups in total. The van der Waals surface area contributed by atoms with E-state index in [4.69, 9.17) is 4.74 Å². The molecule has 2 aliphatic heterocycles. The van der Waals surface area contributed by atoms with Gasteiger partial charge in [0.2, 0.25) is 15.9 Å². The largest absolute Gasteiger partial charge is 0.465 e. The Balaban J connectivity index is 1.29. The molecule has 1 saturated heterocycles. The Bertz CT molecular complexity index is 1550. The average molecular weight is 650 g/mol. The third-order valence-electron chi connectivity index (χ3n) is 10.1. The first-order valence-corrected chi connectivity index (χ1v) is 17.4. The van der Waals surface area contributed by atoms with Gasteiger partial charge in [0.05, 0.1) is 35.6 Å². The molecule has 8 nitrogen and oxygen atoms in total. The average Bonchev–Trinajstić information content (AvgIpc) is 3.46. The molecule has 2 heterocycles. The molecule has 5 rings (SSSR count). The lowest BCUT2D eigenvalue weighted by Crippen LogP contribution is -2.49. The highest BCUT2D eigenvalue weighted by Gasteiger charge is 2.51. The number of ether oxygens (including phenoxy) is 1. The second-order valence-corrected chi connectivity index (χ2v) is 14.9. The van der Waals surface area contributed by atoms with Gasteiger partial charge in [-0.2, -0.15) is 13.2 Å². The number of hydrogen-bond acceptors (Lipinski definition) is 6. The van der Waals surface area contributed by atoms with E-state index in [-0.39, 0.29) is 42.5 Å². The second kappa shape index (κ2) is 12.6. The SMILES string of the molecule is COC(=O)c1cccc(C2CCN(C3CC[C@@](C(=O)N4CCc5c(cc(C(F)(F)F)cc5NS(C)(=O)=O)C4)(C(C)C)C3)CC2)c1. The molecule has 3 aliphatic rings. The van der Waals surface area contributed by atoms with Crippen LogP contribution in [0, 0.1) is 11.3 Å². The summed E-state index contributed by atoms with van der Waals surface area (Å²) in [6.45, 7) is 6.18. The summed E-state index contributed by atoms with van der Waals surface area (Å²) >= 11 is 0. The van der Waals surface area contributed by atoms with Crippen LogP contribution >= 0.6 is 0 Å². The summed E-state index contributed by atoms with van der Waals surface area (Å²) in [6, 6.07) is 9.74. The number of likely N-dealkylation sites (tertiary alicyclic amines) is 1. The number of halogens is 3. The fraction of sp³-hybridized carbons (Fsp3) is 0.576. The van der Waals surface area contributed by atoms with Gasteiger partial charge in [-0.3, -0.25) is 9.52 Å². The number of sulfonamides is 1. The van der Waals surface area contributed by atoms with E-state index in [0.717, 1.165) is 56.3 Å². The van der Waals surface area contributed by atoms with Crippen LogP contribution in [-0.2, 0) is 38.7 Å². The molecule has 0 bridgehead atoms. The maximum absolute atomic E-state index is 14.3. The zero-order valence-corrected chi connectivity index (χ0v) is 27.1. The smallest absolute Gasteiger partial charge is 0.416 e. The Morgan fingerprint density at radius 3 is 2.40 bits per heavy atom. The minimum Gasteiger partial charge on any atom is -0.465 e. The van der Waals surface area contributed by atoms with Crippen molar-refractivity contribution in [3.63, 3.8) is 0 Å². The van der Waals surface area contributed by atoms with Gasteiger partial charge in [0.15, 0.2) is 0 Å². The Hall–Kier alpha value is -3.12. The summed E-state index contributed by atoms with van der Waals surface area (Å²) < 4.78 is 72.3. The van der Waals surface area contributed by atoms with E-state index in [2.05, 4.69) is 29.5 Å². The highest BCUT2D eigenvalue weighted by Crippen LogP contribution is 2.49. The maximum atomic E-state index is 14.3. The van der Waals surface area contributed by atoms with Crippen molar-refractivity contribution in [2.45, 2.75) is 77.1 Å². The Morgan fingerprint density at radius 1 is 1.07 bits per heavy atom. The van der Waals surface area contributed by atoms with Crippen LogP contribution in [-0.4, -0.2) is 69.1 Å². The van der Waals surface area contributed by atoms with Crippen LogP contribution in [0.25, 0.3) is 0 Å². The minimum atomic E-state index is -4.66. The second-order valence-electron chi connectivity index (χ2n) is 13.1. The third kappa shape index (κ3) is 7.01. The molecule has 0 aromatic heterocycles. The lowest BCUT2D eigenvalue weighted by Gasteiger charge is -2.41. The van der Waals surface area contributed by atoms with Gasteiger partial charge in [-0.1, -0.05) is 26.0 Å². The van der Waals surface area contributed by atoms with Crippen molar-refractivity contribution >= 4 is 27.6 Å². The highest BCUT2D eigenvalue weighted by molar-refractivity contribution is 7.92. The van der Waals surface area contributed by atoms with E-state index in [0.29, 0.717) is 42.0 Å². The number of amides is 1. The zero-order valence-electron chi connectivity index (χ0n) is 26.2. The number of nitrogens with zero attached hydrogens (tertiary/aromatic N) is 2. The fourth-order valence-corrected chi connectivity index (χ4v) is 8.19. The van der Waals surface area contributed by atoms with Crippen molar-refractivity contribution in [3.8, 4) is 0 Å². The van der Waals surface area contributed by atoms with Crippen LogP contribution < -0.4 is 4.72 Å². The zero-order chi connectivity index (χ0) is 32.7. The van der Waals surface area contributed by atoms with Crippen LogP contribution in [0.2, 0.25) is 0 Å². The summed E-state index contributed by atoms with van der Waals surface area (Å²) in [6.07, 6.45) is 0.671. The number of anilines is 1. The molecule has 2 aromatic carbocycles. The van der Waals surface area contributed by atoms with Gasteiger partial charge in [-0.05, 0) is 104 Å². The molecular weight excluding hydrogens is 607 g/mol. The quantitative estimate of drug-likeness (QED) is 0.380. The number of fused-ring (bicyclic) bond motifs is 1. The Kier molecular flexibility index (Phi) is 9.30. The number of esters is 1. The lowest BCUT2D eigenvalue weighted by atomic mass is 9.73. The van der Waals surface area contributed by atoms with Gasteiger partial charge in [-0.25, -0.2) is 13.2 Å². The van der Waals surface area contributed by atoms with E-state index in [1.165, 1.54) is 7.11 Å². The normalized spacial score (nSPS) is 23.2. The van der Waals surface area contributed by atoms with Crippen molar-refractivity contribution in [2.75, 3.05) is 37.7 Å². The predicted molar refractivity (Wildman–Crippen MR) is 165 cm³/mol. The number of piperidine rings is 1. The number of alkyl halides is 3. The minimum absolute atomic E-state index is 0.00565. The molecule has 1 aliphatic carbocycles. The van der Waals surface area contributed by atoms with Crippen molar-refractivity contribution in [3.05, 3.63) is 64.2 Å². The first-order valence-electron chi connectivity index (χ1n) is 15.5. The van der Waals surface area contributed by atoms with Crippen LogP contribution in [0.1, 0.15) is 84.5 Å². The van der Waals surface area contributed by atoms with Crippen molar-refractivity contribution in [1.29, 1.82) is 0 Å². The van der Waals surface area contributed by atoms with E-state index in [1.54, 1.807) is 11.0 Å².